The van der Waals surface area contributed by atoms with E-state index in [4.69, 9.17) is 9.84 Å². The van der Waals surface area contributed by atoms with Gasteiger partial charge >= 0.3 is 12.1 Å². The van der Waals surface area contributed by atoms with Crippen LogP contribution in [0.15, 0.2) is 24.3 Å². The maximum atomic E-state index is 12.4. The number of hydrogen-bond acceptors (Lipinski definition) is 2. The SMILES string of the molecule is O=C(O)[C@@H]1CC[C@@H](c2ccc(C(F)(F)F)cc2)O1. The average molecular weight is 260 g/mol. The van der Waals surface area contributed by atoms with E-state index in [9.17, 15) is 18.0 Å². The second-order valence-electron chi connectivity index (χ2n) is 4.15. The Hall–Kier alpha value is -1.56. The third-order valence-electron chi connectivity index (χ3n) is 2.90. The van der Waals surface area contributed by atoms with Gasteiger partial charge in [-0.3, -0.25) is 0 Å². The van der Waals surface area contributed by atoms with Gasteiger partial charge in [0.15, 0.2) is 6.10 Å². The lowest BCUT2D eigenvalue weighted by Crippen LogP contribution is -2.18. The smallest absolute Gasteiger partial charge is 0.416 e. The zero-order valence-electron chi connectivity index (χ0n) is 9.28. The fourth-order valence-corrected chi connectivity index (χ4v) is 1.95. The van der Waals surface area contributed by atoms with E-state index in [0.29, 0.717) is 18.4 Å². The third-order valence-corrected chi connectivity index (χ3v) is 2.90. The first-order chi connectivity index (χ1) is 8.38. The number of carbonyl (C=O) groups is 1. The van der Waals surface area contributed by atoms with E-state index >= 15 is 0 Å². The summed E-state index contributed by atoms with van der Waals surface area (Å²) in [6.45, 7) is 0. The third kappa shape index (κ3) is 2.64. The molecule has 0 aliphatic carbocycles. The first-order valence-corrected chi connectivity index (χ1v) is 5.43. The molecule has 1 aliphatic heterocycles. The molecule has 1 aliphatic rings. The van der Waals surface area contributed by atoms with Gasteiger partial charge in [0.25, 0.3) is 0 Å². The maximum Gasteiger partial charge on any atom is 0.416 e. The number of rotatable bonds is 2. The van der Waals surface area contributed by atoms with E-state index < -0.39 is 29.9 Å². The van der Waals surface area contributed by atoms with Crippen LogP contribution in [-0.4, -0.2) is 17.2 Å². The molecule has 0 bridgehead atoms. The molecule has 0 radical (unpaired) electrons. The van der Waals surface area contributed by atoms with Gasteiger partial charge in [0.1, 0.15) is 0 Å². The minimum Gasteiger partial charge on any atom is -0.479 e. The lowest BCUT2D eigenvalue weighted by molar-refractivity contribution is -0.149. The van der Waals surface area contributed by atoms with Crippen LogP contribution in [0.4, 0.5) is 13.2 Å². The summed E-state index contributed by atoms with van der Waals surface area (Å²) in [6.07, 6.45) is -4.78. The van der Waals surface area contributed by atoms with Crippen LogP contribution in [0, 0.1) is 0 Å². The predicted octanol–water partition coefficient (Wildman–Crippen LogP) is 3.01. The van der Waals surface area contributed by atoms with Crippen molar-refractivity contribution in [2.24, 2.45) is 0 Å². The summed E-state index contributed by atoms with van der Waals surface area (Å²) >= 11 is 0. The summed E-state index contributed by atoms with van der Waals surface area (Å²) in [4.78, 5) is 10.7. The number of ether oxygens (including phenoxy) is 1. The summed E-state index contributed by atoms with van der Waals surface area (Å²) in [5.41, 5.74) is -0.147. The van der Waals surface area contributed by atoms with Gasteiger partial charge in [0, 0.05) is 0 Å². The molecule has 0 spiro atoms. The number of hydrogen-bond donors (Lipinski definition) is 1. The van der Waals surface area contributed by atoms with E-state index in [0.717, 1.165) is 12.1 Å². The zero-order valence-corrected chi connectivity index (χ0v) is 9.28. The molecule has 1 N–H and O–H groups in total. The average Bonchev–Trinajstić information content (AvgIpc) is 2.77. The highest BCUT2D eigenvalue weighted by Crippen LogP contribution is 2.35. The number of aliphatic carboxylic acids is 1. The molecule has 1 aromatic rings. The Bertz CT molecular complexity index is 439. The Morgan fingerprint density at radius 3 is 2.28 bits per heavy atom. The van der Waals surface area contributed by atoms with Crippen LogP contribution < -0.4 is 0 Å². The molecule has 0 amide bonds. The highest BCUT2D eigenvalue weighted by Gasteiger charge is 2.33. The maximum absolute atomic E-state index is 12.4. The first kappa shape index (κ1) is 12.9. The summed E-state index contributed by atoms with van der Waals surface area (Å²) in [6, 6.07) is 4.62. The van der Waals surface area contributed by atoms with Gasteiger partial charge in [-0.15, -0.1) is 0 Å². The second kappa shape index (κ2) is 4.61. The van der Waals surface area contributed by atoms with Crippen molar-refractivity contribution in [3.05, 3.63) is 35.4 Å². The highest BCUT2D eigenvalue weighted by molar-refractivity contribution is 5.72. The van der Waals surface area contributed by atoms with Crippen LogP contribution in [-0.2, 0) is 15.7 Å². The van der Waals surface area contributed by atoms with Gasteiger partial charge in [0.2, 0.25) is 0 Å². The van der Waals surface area contributed by atoms with E-state index in [1.165, 1.54) is 12.1 Å². The van der Waals surface area contributed by atoms with E-state index in [2.05, 4.69) is 0 Å². The monoisotopic (exact) mass is 260 g/mol. The molecule has 0 unspecified atom stereocenters. The fourth-order valence-electron chi connectivity index (χ4n) is 1.95. The largest absolute Gasteiger partial charge is 0.479 e. The molecular formula is C12H11F3O3. The van der Waals surface area contributed by atoms with Gasteiger partial charge in [-0.2, -0.15) is 13.2 Å². The molecule has 1 fully saturated rings. The molecule has 0 saturated carbocycles. The number of halogens is 3. The molecule has 0 aromatic heterocycles. The lowest BCUT2D eigenvalue weighted by atomic mass is 10.0. The van der Waals surface area contributed by atoms with Crippen molar-refractivity contribution in [1.82, 2.24) is 0 Å². The summed E-state index contributed by atoms with van der Waals surface area (Å²) in [7, 11) is 0. The van der Waals surface area contributed by atoms with Gasteiger partial charge in [-0.1, -0.05) is 12.1 Å². The molecule has 18 heavy (non-hydrogen) atoms. The first-order valence-electron chi connectivity index (χ1n) is 5.43. The van der Waals surface area contributed by atoms with Gasteiger partial charge in [-0.05, 0) is 30.5 Å². The minimum atomic E-state index is -4.36. The number of alkyl halides is 3. The number of carboxylic acid groups (broad SMARTS) is 1. The Morgan fingerprint density at radius 2 is 1.83 bits per heavy atom. The van der Waals surface area contributed by atoms with Crippen molar-refractivity contribution in [2.45, 2.75) is 31.2 Å². The zero-order chi connectivity index (χ0) is 13.3. The van der Waals surface area contributed by atoms with Crippen LogP contribution in [0.1, 0.15) is 30.1 Å². The molecule has 3 nitrogen and oxygen atoms in total. The van der Waals surface area contributed by atoms with Crippen molar-refractivity contribution < 1.29 is 27.8 Å². The standard InChI is InChI=1S/C12H11F3O3/c13-12(14,15)8-3-1-7(2-4-8)9-5-6-10(18-9)11(16)17/h1-4,9-10H,5-6H2,(H,16,17)/t9-,10-/m0/s1. The Morgan fingerprint density at radius 1 is 1.22 bits per heavy atom. The van der Waals surface area contributed by atoms with Crippen LogP contribution >= 0.6 is 0 Å². The summed E-state index contributed by atoms with van der Waals surface area (Å²) in [5.74, 6) is -1.04. The second-order valence-corrected chi connectivity index (χ2v) is 4.15. The molecule has 6 heteroatoms. The summed E-state index contributed by atoms with van der Waals surface area (Å²) < 4.78 is 42.3. The molecular weight excluding hydrogens is 249 g/mol. The quantitative estimate of drug-likeness (QED) is 0.889. The van der Waals surface area contributed by atoms with Gasteiger partial charge < -0.3 is 9.84 Å². The van der Waals surface area contributed by atoms with E-state index in [-0.39, 0.29) is 0 Å². The molecule has 2 atom stereocenters. The van der Waals surface area contributed by atoms with Gasteiger partial charge in [0.05, 0.1) is 11.7 Å². The topological polar surface area (TPSA) is 46.5 Å². The van der Waals surface area contributed by atoms with Crippen LogP contribution in [0.5, 0.6) is 0 Å². The lowest BCUT2D eigenvalue weighted by Gasteiger charge is -2.13. The number of benzene rings is 1. The van der Waals surface area contributed by atoms with Crippen molar-refractivity contribution in [3.63, 3.8) is 0 Å². The predicted molar refractivity (Wildman–Crippen MR) is 55.9 cm³/mol. The fraction of sp³-hybridized carbons (Fsp3) is 0.417. The van der Waals surface area contributed by atoms with Crippen molar-refractivity contribution >= 4 is 5.97 Å². The molecule has 1 heterocycles. The van der Waals surface area contributed by atoms with E-state index in [1.54, 1.807) is 0 Å². The van der Waals surface area contributed by atoms with Crippen molar-refractivity contribution in [3.8, 4) is 0 Å². The molecule has 98 valence electrons. The van der Waals surface area contributed by atoms with Crippen LogP contribution in [0.25, 0.3) is 0 Å². The molecule has 1 saturated heterocycles. The molecule has 2 rings (SSSR count). The van der Waals surface area contributed by atoms with Crippen LogP contribution in [0.3, 0.4) is 0 Å². The van der Waals surface area contributed by atoms with Gasteiger partial charge in [-0.25, -0.2) is 4.79 Å². The van der Waals surface area contributed by atoms with Crippen molar-refractivity contribution in [1.29, 1.82) is 0 Å². The normalized spacial score (nSPS) is 24.2. The van der Waals surface area contributed by atoms with Crippen molar-refractivity contribution in [2.75, 3.05) is 0 Å². The highest BCUT2D eigenvalue weighted by atomic mass is 19.4. The Labute approximate surface area is 101 Å². The number of carboxylic acids is 1. The Kier molecular flexibility index (Phi) is 3.30. The molecule has 1 aromatic carbocycles. The summed E-state index contributed by atoms with van der Waals surface area (Å²) in [5, 5.41) is 8.75. The van der Waals surface area contributed by atoms with Crippen LogP contribution in [0.2, 0.25) is 0 Å². The Balaban J connectivity index is 2.10. The van der Waals surface area contributed by atoms with E-state index in [1.807, 2.05) is 0 Å². The minimum absolute atomic E-state index is 0.376.